The third kappa shape index (κ3) is 3.98. The minimum atomic E-state index is -0.249. The Hall–Kier alpha value is -2.95. The second-order valence-electron chi connectivity index (χ2n) is 7.79. The number of aryl methyl sites for hydroxylation is 1. The Morgan fingerprint density at radius 3 is 2.64 bits per heavy atom. The molecule has 0 aliphatic carbocycles. The molecule has 1 aliphatic rings. The summed E-state index contributed by atoms with van der Waals surface area (Å²) in [4.78, 5) is 18.5. The number of fused-ring (bicyclic) bond motifs is 1. The maximum Gasteiger partial charge on any atom is 0.271 e. The number of allylic oxidation sites excluding steroid dienone is 1. The fourth-order valence-corrected chi connectivity index (χ4v) is 3.74. The largest absolute Gasteiger partial charge is 0.362 e. The summed E-state index contributed by atoms with van der Waals surface area (Å²) in [7, 11) is 0. The Bertz CT molecular complexity index is 929. The van der Waals surface area contributed by atoms with Gasteiger partial charge in [0.25, 0.3) is 5.91 Å². The van der Waals surface area contributed by atoms with Gasteiger partial charge in [0.05, 0.1) is 11.8 Å². The number of amides is 1. The van der Waals surface area contributed by atoms with Crippen molar-refractivity contribution >= 4 is 23.4 Å². The summed E-state index contributed by atoms with van der Waals surface area (Å²) >= 11 is 0. The average molecular weight is 377 g/mol. The molecule has 5 nitrogen and oxygen atoms in total. The SMILES string of the molecule is CCCN1c2cc(C)c(/C=N\NC(=O)c3ccncc3)cc2C(C)=CC1(C)C. The van der Waals surface area contributed by atoms with Gasteiger partial charge in [0, 0.05) is 35.8 Å². The standard InChI is InChI=1S/C23H28N4O/c1-6-11-27-21-12-16(2)19(13-20(21)17(3)14-23(27,4)5)15-25-26-22(28)18-7-9-24-10-8-18/h7-10,12-15H,6,11H2,1-5H3,(H,26,28)/b25-15-. The molecular formula is C23H28N4O. The van der Waals surface area contributed by atoms with E-state index >= 15 is 0 Å². The molecule has 1 aromatic heterocycles. The van der Waals surface area contributed by atoms with E-state index in [1.54, 1.807) is 30.7 Å². The summed E-state index contributed by atoms with van der Waals surface area (Å²) in [5, 5.41) is 4.16. The zero-order valence-corrected chi connectivity index (χ0v) is 17.3. The maximum absolute atomic E-state index is 12.1. The van der Waals surface area contributed by atoms with E-state index in [-0.39, 0.29) is 11.4 Å². The van der Waals surface area contributed by atoms with Crippen molar-refractivity contribution in [2.75, 3.05) is 11.4 Å². The molecule has 0 unspecified atom stereocenters. The highest BCUT2D eigenvalue weighted by Crippen LogP contribution is 2.40. The van der Waals surface area contributed by atoms with E-state index in [1.165, 1.54) is 16.8 Å². The Morgan fingerprint density at radius 1 is 1.25 bits per heavy atom. The minimum absolute atomic E-state index is 0.00629. The number of hydrazone groups is 1. The third-order valence-corrected chi connectivity index (χ3v) is 5.12. The van der Waals surface area contributed by atoms with Crippen LogP contribution in [0.5, 0.6) is 0 Å². The number of aromatic nitrogens is 1. The summed E-state index contributed by atoms with van der Waals surface area (Å²) in [6.45, 7) is 12.0. The number of carbonyl (C=O) groups excluding carboxylic acids is 1. The first-order valence-corrected chi connectivity index (χ1v) is 9.69. The molecule has 0 spiro atoms. The lowest BCUT2D eigenvalue weighted by Crippen LogP contribution is -2.45. The lowest BCUT2D eigenvalue weighted by Gasteiger charge is -2.43. The van der Waals surface area contributed by atoms with Gasteiger partial charge in [-0.2, -0.15) is 5.10 Å². The van der Waals surface area contributed by atoms with Crippen LogP contribution in [0.1, 0.15) is 61.2 Å². The predicted molar refractivity (Wildman–Crippen MR) is 116 cm³/mol. The van der Waals surface area contributed by atoms with E-state index in [0.717, 1.165) is 24.1 Å². The molecule has 0 bridgehead atoms. The number of benzene rings is 1. The molecule has 1 amide bonds. The quantitative estimate of drug-likeness (QED) is 0.614. The number of carbonyl (C=O) groups is 1. The van der Waals surface area contributed by atoms with Crippen LogP contribution < -0.4 is 10.3 Å². The van der Waals surface area contributed by atoms with Gasteiger partial charge in [-0.25, -0.2) is 5.43 Å². The molecule has 1 aliphatic heterocycles. The van der Waals surface area contributed by atoms with Gasteiger partial charge in [0.1, 0.15) is 0 Å². The van der Waals surface area contributed by atoms with Gasteiger partial charge < -0.3 is 4.90 Å². The van der Waals surface area contributed by atoms with Crippen LogP contribution in [0.25, 0.3) is 5.57 Å². The van der Waals surface area contributed by atoms with Crippen molar-refractivity contribution in [1.82, 2.24) is 10.4 Å². The highest BCUT2D eigenvalue weighted by Gasteiger charge is 2.31. The lowest BCUT2D eigenvalue weighted by atomic mass is 9.87. The molecule has 28 heavy (non-hydrogen) atoms. The number of nitrogens with one attached hydrogen (secondary N) is 1. The van der Waals surface area contributed by atoms with Gasteiger partial charge in [-0.1, -0.05) is 13.0 Å². The summed E-state index contributed by atoms with van der Waals surface area (Å²) < 4.78 is 0. The first-order valence-electron chi connectivity index (χ1n) is 9.69. The fraction of sp³-hybridized carbons (Fsp3) is 0.348. The van der Waals surface area contributed by atoms with Crippen molar-refractivity contribution in [3.8, 4) is 0 Å². The van der Waals surface area contributed by atoms with E-state index in [2.05, 4.69) is 73.2 Å². The summed E-state index contributed by atoms with van der Waals surface area (Å²) in [6, 6.07) is 7.71. The van der Waals surface area contributed by atoms with Crippen LogP contribution in [0.4, 0.5) is 5.69 Å². The molecule has 1 N–H and O–H groups in total. The van der Waals surface area contributed by atoms with Gasteiger partial charge in [-0.05, 0) is 75.1 Å². The lowest BCUT2D eigenvalue weighted by molar-refractivity contribution is 0.0955. The summed E-state index contributed by atoms with van der Waals surface area (Å²) in [6.07, 6.45) is 8.31. The van der Waals surface area contributed by atoms with Crippen molar-refractivity contribution in [2.45, 2.75) is 46.6 Å². The first-order chi connectivity index (χ1) is 13.3. The first kappa shape index (κ1) is 19.8. The van der Waals surface area contributed by atoms with Crippen LogP contribution in [-0.4, -0.2) is 29.2 Å². The number of rotatable bonds is 5. The zero-order chi connectivity index (χ0) is 20.3. The molecule has 2 aromatic rings. The van der Waals surface area contributed by atoms with Crippen molar-refractivity contribution in [3.05, 3.63) is 65.0 Å². The third-order valence-electron chi connectivity index (χ3n) is 5.12. The number of nitrogens with zero attached hydrogens (tertiary/aromatic N) is 3. The molecule has 146 valence electrons. The van der Waals surface area contributed by atoms with Gasteiger partial charge in [0.15, 0.2) is 0 Å². The Morgan fingerprint density at radius 2 is 1.96 bits per heavy atom. The molecule has 3 rings (SSSR count). The number of pyridine rings is 1. The number of hydrogen-bond acceptors (Lipinski definition) is 4. The van der Waals surface area contributed by atoms with E-state index in [4.69, 9.17) is 0 Å². The smallest absolute Gasteiger partial charge is 0.271 e. The van der Waals surface area contributed by atoms with Gasteiger partial charge >= 0.3 is 0 Å². The van der Waals surface area contributed by atoms with Crippen LogP contribution in [-0.2, 0) is 0 Å². The zero-order valence-electron chi connectivity index (χ0n) is 17.3. The Kier molecular flexibility index (Phi) is 5.63. The topological polar surface area (TPSA) is 57.6 Å². The normalized spacial score (nSPS) is 15.3. The molecule has 1 aromatic carbocycles. The van der Waals surface area contributed by atoms with Crippen LogP contribution in [0, 0.1) is 6.92 Å². The monoisotopic (exact) mass is 376 g/mol. The van der Waals surface area contributed by atoms with Gasteiger partial charge in [0.2, 0.25) is 0 Å². The van der Waals surface area contributed by atoms with E-state index < -0.39 is 0 Å². The summed E-state index contributed by atoms with van der Waals surface area (Å²) in [5.41, 5.74) is 9.00. The fourth-order valence-electron chi connectivity index (χ4n) is 3.74. The number of hydrogen-bond donors (Lipinski definition) is 1. The highest BCUT2D eigenvalue weighted by atomic mass is 16.2. The van der Waals surface area contributed by atoms with E-state index in [1.807, 2.05) is 0 Å². The van der Waals surface area contributed by atoms with Crippen LogP contribution in [0.3, 0.4) is 0 Å². The molecule has 2 heterocycles. The molecule has 5 heteroatoms. The van der Waals surface area contributed by atoms with E-state index in [0.29, 0.717) is 5.56 Å². The number of anilines is 1. The second-order valence-corrected chi connectivity index (χ2v) is 7.79. The van der Waals surface area contributed by atoms with Crippen molar-refractivity contribution in [2.24, 2.45) is 5.10 Å². The van der Waals surface area contributed by atoms with Crippen molar-refractivity contribution < 1.29 is 4.79 Å². The molecule has 0 saturated carbocycles. The van der Waals surface area contributed by atoms with Gasteiger partial charge in [-0.15, -0.1) is 0 Å². The summed E-state index contributed by atoms with van der Waals surface area (Å²) in [5.74, 6) is -0.249. The molecular weight excluding hydrogens is 348 g/mol. The van der Waals surface area contributed by atoms with E-state index in [9.17, 15) is 4.79 Å². The molecule has 0 saturated heterocycles. The van der Waals surface area contributed by atoms with Crippen LogP contribution in [0.15, 0.2) is 47.8 Å². The van der Waals surface area contributed by atoms with Crippen molar-refractivity contribution in [3.63, 3.8) is 0 Å². The van der Waals surface area contributed by atoms with Crippen LogP contribution in [0.2, 0.25) is 0 Å². The highest BCUT2D eigenvalue weighted by molar-refractivity contribution is 5.95. The predicted octanol–water partition coefficient (Wildman–Crippen LogP) is 4.57. The minimum Gasteiger partial charge on any atom is -0.362 e. The molecule has 0 atom stereocenters. The average Bonchev–Trinajstić information content (AvgIpc) is 2.66. The maximum atomic E-state index is 12.1. The molecule has 0 fully saturated rings. The Balaban J connectivity index is 1.87. The molecule has 0 radical (unpaired) electrons. The van der Waals surface area contributed by atoms with Crippen LogP contribution >= 0.6 is 0 Å². The Labute approximate surface area is 167 Å². The second kappa shape index (κ2) is 7.97. The van der Waals surface area contributed by atoms with Crippen molar-refractivity contribution in [1.29, 1.82) is 0 Å². The van der Waals surface area contributed by atoms with Gasteiger partial charge in [-0.3, -0.25) is 9.78 Å².